The van der Waals surface area contributed by atoms with Crippen LogP contribution in [-0.4, -0.2) is 72.4 Å². The van der Waals surface area contributed by atoms with Gasteiger partial charge in [-0.15, -0.1) is 11.6 Å². The van der Waals surface area contributed by atoms with Gasteiger partial charge in [0.1, 0.15) is 11.8 Å². The van der Waals surface area contributed by atoms with Crippen molar-refractivity contribution in [1.82, 2.24) is 25.5 Å². The number of carbonyl (C=O) groups is 3. The summed E-state index contributed by atoms with van der Waals surface area (Å²) in [5.41, 5.74) is 27.7. The number of carbonyl (C=O) groups excluding carboxylic acids is 3. The number of allylic oxidation sites excluding steroid dienone is 4. The maximum absolute atomic E-state index is 13.6. The van der Waals surface area contributed by atoms with E-state index in [1.165, 1.54) is 22.3 Å². The molecule has 7 rings (SSSR count). The van der Waals surface area contributed by atoms with E-state index >= 15 is 0 Å². The quantitative estimate of drug-likeness (QED) is 0.0382. The first-order valence-electron chi connectivity index (χ1n) is 30.9. The summed E-state index contributed by atoms with van der Waals surface area (Å²) < 4.78 is 14.5. The molecular formula is C70H97ClN10O6. The lowest BCUT2D eigenvalue weighted by molar-refractivity contribution is -0.125. The molecule has 2 amide bonds. The number of nitrogens with one attached hydrogen (secondary N) is 3. The highest BCUT2D eigenvalue weighted by Crippen LogP contribution is 2.43. The Kier molecular flexibility index (Phi) is 31.4. The SMILES string of the molecule is C1COCCNN1.CCc1cc(C)cc(CC)c1-c1c(CC(=O)C(C)(C)C)n2n(c1=O)CCOCC2.CCc1cc(C)cc(CC)c1C(NC=O)C(N)=O.[C-]#[N+]C(C#N)=C1/C(=C/C)C(Cl)C(C)CC1CC.[C-]#[N+]C(C#N)c1c(CC)cc(C)cc1CC. The van der Waals surface area contributed by atoms with E-state index in [0.717, 1.165) is 145 Å². The molecule has 3 aliphatic rings. The molecule has 3 aromatic carbocycles. The summed E-state index contributed by atoms with van der Waals surface area (Å²) in [5, 5.41) is 20.5. The lowest BCUT2D eigenvalue weighted by Crippen LogP contribution is -2.34. The lowest BCUT2D eigenvalue weighted by atomic mass is 9.73. The van der Waals surface area contributed by atoms with Crippen molar-refractivity contribution >= 4 is 29.7 Å². The number of ether oxygens (including phenoxy) is 2. The number of halogens is 1. The molecule has 0 bridgehead atoms. The highest BCUT2D eigenvalue weighted by molar-refractivity contribution is 6.23. The maximum atomic E-state index is 13.6. The average molecular weight is 1210 g/mol. The number of rotatable bonds is 15. The number of hydrogen-bond acceptors (Lipinski definition) is 10. The molecule has 5 N–H and O–H groups in total. The number of hydrogen-bond donors (Lipinski definition) is 4. The maximum Gasteiger partial charge on any atom is 0.332 e. The smallest absolute Gasteiger partial charge is 0.332 e. The van der Waals surface area contributed by atoms with Gasteiger partial charge in [-0.3, -0.25) is 39.6 Å². The van der Waals surface area contributed by atoms with Crippen molar-refractivity contribution in [2.45, 2.75) is 192 Å². The number of nitriles is 2. The number of amides is 2. The van der Waals surface area contributed by atoms with Crippen molar-refractivity contribution in [1.29, 1.82) is 10.5 Å². The van der Waals surface area contributed by atoms with Crippen LogP contribution in [0, 0.1) is 73.8 Å². The van der Waals surface area contributed by atoms with E-state index in [2.05, 4.69) is 112 Å². The Morgan fingerprint density at radius 3 is 1.63 bits per heavy atom. The van der Waals surface area contributed by atoms with Crippen LogP contribution in [0.4, 0.5) is 0 Å². The van der Waals surface area contributed by atoms with Gasteiger partial charge in [0.05, 0.1) is 74.4 Å². The van der Waals surface area contributed by atoms with Crippen LogP contribution in [-0.2, 0) is 81.9 Å². The van der Waals surface area contributed by atoms with Crippen LogP contribution in [0.2, 0.25) is 0 Å². The van der Waals surface area contributed by atoms with E-state index in [1.807, 2.05) is 77.4 Å². The Hall–Kier alpha value is -7.15. The van der Waals surface area contributed by atoms with E-state index in [0.29, 0.717) is 38.6 Å². The van der Waals surface area contributed by atoms with Crippen LogP contribution in [0.25, 0.3) is 20.8 Å². The van der Waals surface area contributed by atoms with Gasteiger partial charge in [-0.1, -0.05) is 142 Å². The Morgan fingerprint density at radius 1 is 0.782 bits per heavy atom. The van der Waals surface area contributed by atoms with Crippen LogP contribution in [0.1, 0.15) is 175 Å². The Bertz CT molecular complexity index is 3160. The topological polar surface area (TPSA) is 215 Å². The molecule has 1 aliphatic carbocycles. The number of aryl methyl sites for hydroxylation is 9. The summed E-state index contributed by atoms with van der Waals surface area (Å²) in [6.45, 7) is 50.5. The first-order chi connectivity index (χ1) is 41.5. The number of hydrazine groups is 1. The molecular weight excluding hydrogens is 1110 g/mol. The molecule has 1 saturated heterocycles. The van der Waals surface area contributed by atoms with Crippen LogP contribution in [0.3, 0.4) is 0 Å². The van der Waals surface area contributed by atoms with Gasteiger partial charge in [-0.25, -0.2) is 21.4 Å². The van der Waals surface area contributed by atoms with E-state index < -0.39 is 23.4 Å². The molecule has 470 valence electrons. The standard InChI is InChI=1S/C24H34N2O3.C14H17ClN2.C14H20N2O2.C14H16N2.C4H10N2O/c1-7-17-13-16(3)14-18(8-2)21(17)22-19(15-20(27)24(4,5)6)25-9-11-29-12-10-26(25)23(22)28;1-5-10-7-9(3)14(15)11(6-2)13(10)12(8-16)17-4;1-4-10-6-9(3)7-11(5-2)12(10)13(14(15)18)16-8-17;1-5-11-7-10(3)8-12(6-2)14(11)13(9-15)16-4;1-3-7-4-2-6-5-1/h13-14H,7-12,15H2,1-6H3;6,9-10,14H,5,7H2,1-3H3;6-8,13H,4-5H2,1-3H3,(H2,15,18)(H,16,17);7-8,13H,5-6H2,1-3H3;5-6H,1-4H2/b;11-6-,13-12?;;;. The zero-order valence-electron chi connectivity index (χ0n) is 54.6. The molecule has 87 heavy (non-hydrogen) atoms. The molecule has 5 atom stereocenters. The third kappa shape index (κ3) is 19.9. The highest BCUT2D eigenvalue weighted by Gasteiger charge is 2.35. The monoisotopic (exact) mass is 1210 g/mol. The van der Waals surface area contributed by atoms with Gasteiger partial charge in [-0.2, -0.15) is 5.26 Å². The lowest BCUT2D eigenvalue weighted by Gasteiger charge is -2.35. The minimum Gasteiger partial charge on any atom is -0.379 e. The summed E-state index contributed by atoms with van der Waals surface area (Å²) in [4.78, 5) is 55.5. The van der Waals surface area contributed by atoms with Crippen LogP contribution < -0.4 is 27.5 Å². The number of nitrogens with two attached hydrogens (primary N) is 1. The van der Waals surface area contributed by atoms with Gasteiger partial charge in [0, 0.05) is 24.9 Å². The van der Waals surface area contributed by atoms with Crippen LogP contribution >= 0.6 is 11.6 Å². The van der Waals surface area contributed by atoms with E-state index in [4.69, 9.17) is 50.5 Å². The van der Waals surface area contributed by atoms with Crippen molar-refractivity contribution in [2.75, 3.05) is 39.5 Å². The number of benzene rings is 3. The van der Waals surface area contributed by atoms with Gasteiger partial charge in [0.2, 0.25) is 12.3 Å². The molecule has 17 heteroatoms. The number of alkyl halides is 1. The predicted molar refractivity (Wildman–Crippen MR) is 350 cm³/mol. The second kappa shape index (κ2) is 36.9. The fourth-order valence-corrected chi connectivity index (χ4v) is 11.9. The van der Waals surface area contributed by atoms with E-state index in [9.17, 15) is 19.2 Å². The molecule has 3 heterocycles. The number of primary amides is 1. The summed E-state index contributed by atoms with van der Waals surface area (Å²) in [6, 6.07) is 15.3. The van der Waals surface area contributed by atoms with Crippen molar-refractivity contribution in [3.05, 3.63) is 159 Å². The van der Waals surface area contributed by atoms with E-state index in [-0.39, 0.29) is 34.8 Å². The largest absolute Gasteiger partial charge is 0.379 e. The van der Waals surface area contributed by atoms with Gasteiger partial charge >= 0.3 is 6.04 Å². The van der Waals surface area contributed by atoms with Crippen molar-refractivity contribution in [3.63, 3.8) is 0 Å². The molecule has 1 saturated carbocycles. The number of nitrogens with zero attached hydrogens (tertiary/aromatic N) is 6. The summed E-state index contributed by atoms with van der Waals surface area (Å²) >= 11 is 6.39. The van der Waals surface area contributed by atoms with Crippen molar-refractivity contribution < 1.29 is 23.9 Å². The van der Waals surface area contributed by atoms with Gasteiger partial charge in [0.15, 0.2) is 6.07 Å². The minimum absolute atomic E-state index is 0.000428. The average Bonchev–Trinajstić information content (AvgIpc) is 1.86. The molecule has 16 nitrogen and oxygen atoms in total. The first kappa shape index (κ1) is 74.1. The molecule has 5 unspecified atom stereocenters. The fourth-order valence-electron chi connectivity index (χ4n) is 11.6. The molecule has 0 spiro atoms. The normalized spacial score (nSPS) is 18.0. The molecule has 4 aromatic rings. The Labute approximate surface area is 524 Å². The third-order valence-corrected chi connectivity index (χ3v) is 16.7. The van der Waals surface area contributed by atoms with Gasteiger partial charge in [-0.05, 0) is 140 Å². The molecule has 0 radical (unpaired) electrons. The number of ketones is 1. The highest BCUT2D eigenvalue weighted by atomic mass is 35.5. The van der Waals surface area contributed by atoms with Gasteiger partial charge < -0.3 is 20.5 Å². The van der Waals surface area contributed by atoms with Crippen LogP contribution in [0.5, 0.6) is 0 Å². The molecule has 2 fully saturated rings. The summed E-state index contributed by atoms with van der Waals surface area (Å²) in [5.74, 6) is 0.292. The zero-order chi connectivity index (χ0) is 65.1. The minimum atomic E-state index is -0.743. The summed E-state index contributed by atoms with van der Waals surface area (Å²) in [7, 11) is 0. The Balaban J connectivity index is 0.000000301. The second-order valence-electron chi connectivity index (χ2n) is 23.1. The second-order valence-corrected chi connectivity index (χ2v) is 23.6. The number of Topliss-reactive ketones (excluding diaryl/α,β-unsaturated/α-hetero) is 1. The van der Waals surface area contributed by atoms with Crippen molar-refractivity contribution in [3.8, 4) is 23.3 Å². The fraction of sp³-hybridized carbons (Fsp3) is 0.543. The zero-order valence-corrected chi connectivity index (χ0v) is 55.4. The molecule has 1 aromatic heterocycles. The van der Waals surface area contributed by atoms with Gasteiger partial charge in [0.25, 0.3) is 11.3 Å². The third-order valence-electron chi connectivity index (χ3n) is 16.0. The predicted octanol–water partition coefficient (Wildman–Crippen LogP) is 12.3. The Morgan fingerprint density at radius 2 is 1.24 bits per heavy atom. The number of aromatic nitrogens is 2. The van der Waals surface area contributed by atoms with Crippen molar-refractivity contribution in [2.24, 2.45) is 23.0 Å². The van der Waals surface area contributed by atoms with E-state index in [1.54, 1.807) is 4.68 Å². The molecule has 2 aliphatic heterocycles. The van der Waals surface area contributed by atoms with Crippen LogP contribution in [0.15, 0.2) is 64.1 Å². The number of fused-ring (bicyclic) bond motifs is 1. The first-order valence-corrected chi connectivity index (χ1v) is 31.4. The summed E-state index contributed by atoms with van der Waals surface area (Å²) in [6.07, 6.45) is 9.69.